The summed E-state index contributed by atoms with van der Waals surface area (Å²) in [5.41, 5.74) is 1.79. The molecule has 0 aliphatic heterocycles. The number of carboxylic acid groups (broad SMARTS) is 1. The number of aliphatic hydroxyl groups excluding tert-OH is 1. The Morgan fingerprint density at radius 1 is 1.03 bits per heavy atom. The third-order valence-electron chi connectivity index (χ3n) is 10.0. The Hall–Kier alpha value is -2.67. The number of carboxylic acids is 1. The minimum Gasteiger partial charge on any atom is -0.478 e. The number of carbonyl (C=O) groups is 2. The van der Waals surface area contributed by atoms with Crippen LogP contribution in [-0.4, -0.2) is 38.7 Å². The minimum atomic E-state index is -1.03. The first-order valence-electron chi connectivity index (χ1n) is 14.2. The number of carbonyl (C=O) groups excluding carboxylic acids is 1. The quantitative estimate of drug-likeness (QED) is 0.367. The highest BCUT2D eigenvalue weighted by atomic mass is 16.4. The first kappa shape index (κ1) is 24.7. The third-order valence-corrected chi connectivity index (χ3v) is 10.0. The lowest BCUT2D eigenvalue weighted by atomic mass is 9.48. The van der Waals surface area contributed by atoms with Crippen molar-refractivity contribution in [3.8, 4) is 0 Å². The second-order valence-electron chi connectivity index (χ2n) is 12.7. The van der Waals surface area contributed by atoms with E-state index in [9.17, 15) is 19.8 Å². The van der Waals surface area contributed by atoms with E-state index < -0.39 is 11.4 Å². The van der Waals surface area contributed by atoms with Gasteiger partial charge in [-0.05, 0) is 106 Å². The molecule has 5 fully saturated rings. The van der Waals surface area contributed by atoms with E-state index in [4.69, 9.17) is 4.98 Å². The number of rotatable bonds is 8. The van der Waals surface area contributed by atoms with Gasteiger partial charge < -0.3 is 20.5 Å². The molecule has 0 spiro atoms. The Morgan fingerprint density at radius 3 is 2.32 bits per heavy atom. The van der Waals surface area contributed by atoms with Crippen LogP contribution < -0.4 is 5.32 Å². The molecular formula is C30H39N3O4. The van der Waals surface area contributed by atoms with Crippen LogP contribution in [0.15, 0.2) is 24.3 Å². The van der Waals surface area contributed by atoms with E-state index in [1.165, 1.54) is 50.7 Å². The van der Waals surface area contributed by atoms with Gasteiger partial charge in [0.15, 0.2) is 0 Å². The molecule has 1 amide bonds. The number of amides is 1. The molecule has 5 aliphatic carbocycles. The lowest BCUT2D eigenvalue weighted by molar-refractivity contribution is -0.0570. The summed E-state index contributed by atoms with van der Waals surface area (Å²) in [5, 5.41) is 22.6. The number of aryl methyl sites for hydroxylation is 1. The highest BCUT2D eigenvalue weighted by Crippen LogP contribution is 2.61. The second kappa shape index (κ2) is 9.57. The molecular weight excluding hydrogens is 466 g/mol. The molecule has 198 valence electrons. The van der Waals surface area contributed by atoms with Crippen LogP contribution in [0, 0.1) is 23.2 Å². The van der Waals surface area contributed by atoms with Gasteiger partial charge in [0.25, 0.3) is 5.91 Å². The van der Waals surface area contributed by atoms with E-state index >= 15 is 0 Å². The summed E-state index contributed by atoms with van der Waals surface area (Å²) in [5.74, 6) is 2.03. The van der Waals surface area contributed by atoms with Gasteiger partial charge in [0.2, 0.25) is 0 Å². The number of aromatic amines is 1. The van der Waals surface area contributed by atoms with Crippen LogP contribution in [0.25, 0.3) is 0 Å². The first-order valence-corrected chi connectivity index (χ1v) is 14.2. The van der Waals surface area contributed by atoms with Crippen molar-refractivity contribution in [1.29, 1.82) is 0 Å². The number of H-pyrrole nitrogens is 1. The van der Waals surface area contributed by atoms with Gasteiger partial charge in [0.05, 0.1) is 17.6 Å². The zero-order valence-electron chi connectivity index (χ0n) is 21.6. The molecule has 4 N–H and O–H groups in total. The smallest absolute Gasteiger partial charge is 0.335 e. The van der Waals surface area contributed by atoms with E-state index in [-0.39, 0.29) is 18.1 Å². The molecule has 0 atom stereocenters. The van der Waals surface area contributed by atoms with Gasteiger partial charge in [-0.3, -0.25) is 4.79 Å². The van der Waals surface area contributed by atoms with Crippen LogP contribution in [0.5, 0.6) is 0 Å². The number of aliphatic hydroxyl groups is 1. The van der Waals surface area contributed by atoms with Crippen molar-refractivity contribution in [3.05, 3.63) is 47.0 Å². The SMILES string of the molecule is O=C(O)c1cccc(NC(=O)c2nc(C3(CO)CCCCC3)[nH]c2CCC23CC4CC(CC(C4)C2)C3)c1. The Balaban J connectivity index is 1.28. The lowest BCUT2D eigenvalue weighted by Gasteiger charge is -2.57. The average molecular weight is 506 g/mol. The van der Waals surface area contributed by atoms with Gasteiger partial charge in [-0.25, -0.2) is 9.78 Å². The van der Waals surface area contributed by atoms with Gasteiger partial charge in [-0.2, -0.15) is 0 Å². The number of aromatic nitrogens is 2. The maximum Gasteiger partial charge on any atom is 0.335 e. The molecule has 37 heavy (non-hydrogen) atoms. The first-order chi connectivity index (χ1) is 17.9. The highest BCUT2D eigenvalue weighted by Gasteiger charge is 2.50. The fourth-order valence-electron chi connectivity index (χ4n) is 8.63. The summed E-state index contributed by atoms with van der Waals surface area (Å²) < 4.78 is 0. The molecule has 0 saturated heterocycles. The second-order valence-corrected chi connectivity index (χ2v) is 12.7. The van der Waals surface area contributed by atoms with E-state index in [0.29, 0.717) is 16.8 Å². The van der Waals surface area contributed by atoms with Gasteiger partial charge in [-0.15, -0.1) is 0 Å². The summed E-state index contributed by atoms with van der Waals surface area (Å²) in [6, 6.07) is 6.31. The van der Waals surface area contributed by atoms with Crippen LogP contribution in [0.2, 0.25) is 0 Å². The number of nitrogens with zero attached hydrogens (tertiary/aromatic N) is 1. The van der Waals surface area contributed by atoms with Crippen molar-refractivity contribution < 1.29 is 19.8 Å². The zero-order chi connectivity index (χ0) is 25.6. The van der Waals surface area contributed by atoms with Crippen LogP contribution >= 0.6 is 0 Å². The molecule has 1 aromatic carbocycles. The Bertz CT molecular complexity index is 1140. The monoisotopic (exact) mass is 505 g/mol. The summed E-state index contributed by atoms with van der Waals surface area (Å²) in [6.45, 7) is 0.0245. The van der Waals surface area contributed by atoms with E-state index in [1.807, 2.05) is 0 Å². The summed E-state index contributed by atoms with van der Waals surface area (Å²) in [4.78, 5) is 33.3. The van der Waals surface area contributed by atoms with Crippen LogP contribution in [0.4, 0.5) is 5.69 Å². The molecule has 0 radical (unpaired) electrons. The predicted octanol–water partition coefficient (Wildman–Crippen LogP) is 5.70. The van der Waals surface area contributed by atoms with Crippen molar-refractivity contribution in [1.82, 2.24) is 9.97 Å². The number of nitrogens with one attached hydrogen (secondary N) is 2. The molecule has 0 unspecified atom stereocenters. The molecule has 4 bridgehead atoms. The maximum absolute atomic E-state index is 13.5. The van der Waals surface area contributed by atoms with Crippen LogP contribution in [0.3, 0.4) is 0 Å². The van der Waals surface area contributed by atoms with Crippen LogP contribution in [-0.2, 0) is 11.8 Å². The molecule has 7 rings (SSSR count). The Morgan fingerprint density at radius 2 is 1.70 bits per heavy atom. The number of imidazole rings is 1. The fourth-order valence-corrected chi connectivity index (χ4v) is 8.63. The van der Waals surface area contributed by atoms with Crippen LogP contribution in [0.1, 0.15) is 109 Å². The van der Waals surface area contributed by atoms with Crippen molar-refractivity contribution in [2.24, 2.45) is 23.2 Å². The summed E-state index contributed by atoms with van der Waals surface area (Å²) in [6.07, 6.45) is 15.0. The van der Waals surface area contributed by atoms with E-state index in [1.54, 1.807) is 12.1 Å². The summed E-state index contributed by atoms with van der Waals surface area (Å²) in [7, 11) is 0. The standard InChI is InChI=1S/C30H39N3O4/c34-18-30(8-2-1-3-9-30)28-32-24(7-10-29-15-19-11-20(16-29)13-21(12-19)17-29)25(33-28)26(35)31-23-6-4-5-22(14-23)27(36)37/h4-6,14,19-21,34H,1-3,7-13,15-18H2,(H,31,35)(H,32,33)(H,36,37). The number of benzene rings is 1. The molecule has 7 heteroatoms. The van der Waals surface area contributed by atoms with Gasteiger partial charge in [0.1, 0.15) is 11.5 Å². The molecule has 1 heterocycles. The summed E-state index contributed by atoms with van der Waals surface area (Å²) >= 11 is 0. The number of anilines is 1. The predicted molar refractivity (Wildman–Crippen MR) is 141 cm³/mol. The van der Waals surface area contributed by atoms with Gasteiger partial charge in [0, 0.05) is 11.4 Å². The molecule has 2 aromatic rings. The number of hydrogen-bond acceptors (Lipinski definition) is 4. The zero-order valence-corrected chi connectivity index (χ0v) is 21.6. The van der Waals surface area contributed by atoms with Gasteiger partial charge in [-0.1, -0.05) is 25.3 Å². The van der Waals surface area contributed by atoms with E-state index in [0.717, 1.165) is 74.2 Å². The Kier molecular flexibility index (Phi) is 6.38. The van der Waals surface area contributed by atoms with Crippen molar-refractivity contribution >= 4 is 17.6 Å². The highest BCUT2D eigenvalue weighted by molar-refractivity contribution is 6.04. The topological polar surface area (TPSA) is 115 Å². The van der Waals surface area contributed by atoms with Crippen molar-refractivity contribution in [3.63, 3.8) is 0 Å². The maximum atomic E-state index is 13.5. The van der Waals surface area contributed by atoms with E-state index in [2.05, 4.69) is 10.3 Å². The lowest BCUT2D eigenvalue weighted by Crippen LogP contribution is -2.46. The average Bonchev–Trinajstić information content (AvgIpc) is 3.33. The number of aromatic carboxylic acids is 1. The molecule has 5 saturated carbocycles. The minimum absolute atomic E-state index is 0.0245. The Labute approximate surface area is 218 Å². The molecule has 7 nitrogen and oxygen atoms in total. The van der Waals surface area contributed by atoms with Crippen molar-refractivity contribution in [2.75, 3.05) is 11.9 Å². The fraction of sp³-hybridized carbons (Fsp3) is 0.633. The third kappa shape index (κ3) is 4.71. The van der Waals surface area contributed by atoms with Gasteiger partial charge >= 0.3 is 5.97 Å². The molecule has 1 aromatic heterocycles. The largest absolute Gasteiger partial charge is 0.478 e. The normalized spacial score (nSPS) is 29.8. The van der Waals surface area contributed by atoms with Crippen molar-refractivity contribution in [2.45, 2.75) is 88.9 Å². The molecule has 5 aliphatic rings. The number of hydrogen-bond donors (Lipinski definition) is 4.